The topological polar surface area (TPSA) is 102 Å². The lowest BCUT2D eigenvalue weighted by Gasteiger charge is -2.26. The van der Waals surface area contributed by atoms with E-state index in [2.05, 4.69) is 32.0 Å². The van der Waals surface area contributed by atoms with Gasteiger partial charge < -0.3 is 24.3 Å². The van der Waals surface area contributed by atoms with Gasteiger partial charge in [-0.15, -0.1) is 0 Å². The van der Waals surface area contributed by atoms with Gasteiger partial charge in [-0.2, -0.15) is 0 Å². The van der Waals surface area contributed by atoms with Crippen LogP contribution in [-0.4, -0.2) is 45.5 Å². The van der Waals surface area contributed by atoms with Gasteiger partial charge in [-0.05, 0) is 56.9 Å². The Kier molecular flexibility index (Phi) is 8.35. The number of methoxy groups -OCH3 is 1. The Morgan fingerprint density at radius 2 is 2.06 bits per heavy atom. The van der Waals surface area contributed by atoms with E-state index in [9.17, 15) is 9.90 Å². The highest BCUT2D eigenvalue weighted by atomic mass is 16.5. The number of nitrogens with one attached hydrogen (secondary N) is 1. The molecule has 8 nitrogen and oxygen atoms in total. The number of imidazole rings is 1. The zero-order valence-corrected chi connectivity index (χ0v) is 20.2. The predicted molar refractivity (Wildman–Crippen MR) is 131 cm³/mol. The monoisotopic (exact) mass is 476 g/mol. The van der Waals surface area contributed by atoms with Gasteiger partial charge in [0.15, 0.2) is 5.76 Å². The van der Waals surface area contributed by atoms with Crippen molar-refractivity contribution in [1.29, 1.82) is 0 Å². The summed E-state index contributed by atoms with van der Waals surface area (Å²) in [4.78, 5) is 15.4. The normalized spacial score (nSPS) is 18.5. The highest BCUT2D eigenvalue weighted by Crippen LogP contribution is 2.25. The van der Waals surface area contributed by atoms with Crippen molar-refractivity contribution in [2.75, 3.05) is 13.7 Å². The number of nitrogens with zero attached hydrogens (tertiary/aromatic N) is 3. The molecule has 2 N–H and O–H groups in total. The number of aliphatic hydroxyl groups is 1. The van der Waals surface area contributed by atoms with E-state index in [0.29, 0.717) is 43.1 Å². The van der Waals surface area contributed by atoms with Crippen molar-refractivity contribution < 1.29 is 19.2 Å². The number of carbonyl (C=O) groups excluding carboxylic acids is 1. The van der Waals surface area contributed by atoms with Crippen LogP contribution in [0.25, 0.3) is 11.3 Å². The molecular formula is C27H32N4O4. The highest BCUT2D eigenvalue weighted by molar-refractivity contribution is 5.69. The summed E-state index contributed by atoms with van der Waals surface area (Å²) in [6.07, 6.45) is 7.53. The molecule has 1 atom stereocenters. The average Bonchev–Trinajstić information content (AvgIpc) is 3.54. The van der Waals surface area contributed by atoms with Crippen LogP contribution in [-0.2, 0) is 16.1 Å². The number of rotatable bonds is 8. The largest absolute Gasteiger partial charge is 0.469 e. The molecule has 0 saturated heterocycles. The smallest absolute Gasteiger partial charge is 0.306 e. The van der Waals surface area contributed by atoms with Crippen molar-refractivity contribution in [2.45, 2.75) is 57.7 Å². The first-order valence-corrected chi connectivity index (χ1v) is 12.1. The SMILES string of the molecule is COC(=O)CCNC1CCC(C#Cc2ccc(-c3cc(Cn4ccnc4[C@@H](C)O)no3)cc2)CC1. The predicted octanol–water partition coefficient (Wildman–Crippen LogP) is 3.70. The Bertz CT molecular complexity index is 1160. The fourth-order valence-electron chi connectivity index (χ4n) is 4.34. The maximum atomic E-state index is 11.2. The molecule has 184 valence electrons. The van der Waals surface area contributed by atoms with E-state index in [4.69, 9.17) is 4.52 Å². The van der Waals surface area contributed by atoms with Gasteiger partial charge in [-0.25, -0.2) is 4.98 Å². The number of aromatic nitrogens is 3. The summed E-state index contributed by atoms with van der Waals surface area (Å²) in [5.74, 6) is 8.26. The first-order valence-electron chi connectivity index (χ1n) is 12.1. The van der Waals surface area contributed by atoms with Crippen LogP contribution in [0.1, 0.15) is 62.2 Å². The van der Waals surface area contributed by atoms with E-state index >= 15 is 0 Å². The molecule has 3 aromatic rings. The number of carbonyl (C=O) groups is 1. The van der Waals surface area contributed by atoms with Crippen LogP contribution >= 0.6 is 0 Å². The van der Waals surface area contributed by atoms with Crippen LogP contribution in [0, 0.1) is 17.8 Å². The quantitative estimate of drug-likeness (QED) is 0.377. The molecule has 4 rings (SSSR count). The molecule has 1 aliphatic carbocycles. The lowest BCUT2D eigenvalue weighted by Crippen LogP contribution is -2.34. The zero-order chi connectivity index (χ0) is 24.6. The van der Waals surface area contributed by atoms with Gasteiger partial charge in [0.25, 0.3) is 0 Å². The summed E-state index contributed by atoms with van der Waals surface area (Å²) in [5, 5.41) is 17.4. The molecule has 0 spiro atoms. The Balaban J connectivity index is 1.27. The van der Waals surface area contributed by atoms with Gasteiger partial charge in [0.1, 0.15) is 17.6 Å². The third-order valence-corrected chi connectivity index (χ3v) is 6.32. The summed E-state index contributed by atoms with van der Waals surface area (Å²) >= 11 is 0. The first kappa shape index (κ1) is 24.7. The van der Waals surface area contributed by atoms with Gasteiger partial charge in [-0.3, -0.25) is 4.79 Å². The van der Waals surface area contributed by atoms with Crippen molar-refractivity contribution in [3.63, 3.8) is 0 Å². The second-order valence-electron chi connectivity index (χ2n) is 8.95. The van der Waals surface area contributed by atoms with Crippen molar-refractivity contribution in [2.24, 2.45) is 5.92 Å². The van der Waals surface area contributed by atoms with Gasteiger partial charge in [0.05, 0.1) is 20.1 Å². The van der Waals surface area contributed by atoms with Crippen LogP contribution in [0.2, 0.25) is 0 Å². The van der Waals surface area contributed by atoms with Crippen molar-refractivity contribution in [1.82, 2.24) is 20.0 Å². The second kappa shape index (κ2) is 11.8. The Morgan fingerprint density at radius 3 is 2.77 bits per heavy atom. The molecule has 1 aliphatic rings. The van der Waals surface area contributed by atoms with E-state index in [0.717, 1.165) is 42.5 Å². The molecule has 2 aromatic heterocycles. The summed E-state index contributed by atoms with van der Waals surface area (Å²) in [6.45, 7) is 2.84. The molecule has 2 heterocycles. The number of esters is 1. The fourth-order valence-corrected chi connectivity index (χ4v) is 4.34. The van der Waals surface area contributed by atoms with Crippen molar-refractivity contribution in [3.05, 3.63) is 59.8 Å². The fraction of sp³-hybridized carbons (Fsp3) is 0.444. The summed E-state index contributed by atoms with van der Waals surface area (Å²) < 4.78 is 12.1. The molecule has 1 saturated carbocycles. The number of aliphatic hydroxyl groups excluding tert-OH is 1. The maximum Gasteiger partial charge on any atom is 0.306 e. The van der Waals surface area contributed by atoms with Crippen LogP contribution in [0.3, 0.4) is 0 Å². The van der Waals surface area contributed by atoms with E-state index in [-0.39, 0.29) is 5.97 Å². The summed E-state index contributed by atoms with van der Waals surface area (Å²) in [6, 6.07) is 10.4. The van der Waals surface area contributed by atoms with Crippen LogP contribution < -0.4 is 5.32 Å². The van der Waals surface area contributed by atoms with Crippen LogP contribution in [0.4, 0.5) is 0 Å². The van der Waals surface area contributed by atoms with E-state index in [1.807, 2.05) is 41.1 Å². The Hall–Kier alpha value is -3.41. The molecule has 0 radical (unpaired) electrons. The maximum absolute atomic E-state index is 11.2. The summed E-state index contributed by atoms with van der Waals surface area (Å²) in [5.41, 5.74) is 2.68. The van der Waals surface area contributed by atoms with Gasteiger partial charge in [0, 0.05) is 48.1 Å². The van der Waals surface area contributed by atoms with Crippen molar-refractivity contribution >= 4 is 5.97 Å². The minimum absolute atomic E-state index is 0.174. The third-order valence-electron chi connectivity index (χ3n) is 6.32. The first-order chi connectivity index (χ1) is 17.0. The van der Waals surface area contributed by atoms with Gasteiger partial charge in [-0.1, -0.05) is 17.0 Å². The second-order valence-corrected chi connectivity index (χ2v) is 8.95. The lowest BCUT2D eigenvalue weighted by atomic mass is 9.86. The Morgan fingerprint density at radius 1 is 1.29 bits per heavy atom. The molecular weight excluding hydrogens is 444 g/mol. The van der Waals surface area contributed by atoms with E-state index in [1.165, 1.54) is 7.11 Å². The number of benzene rings is 1. The highest BCUT2D eigenvalue weighted by Gasteiger charge is 2.19. The van der Waals surface area contributed by atoms with Gasteiger partial charge in [0.2, 0.25) is 0 Å². The average molecular weight is 477 g/mol. The molecule has 0 unspecified atom stereocenters. The van der Waals surface area contributed by atoms with Gasteiger partial charge >= 0.3 is 5.97 Å². The molecule has 0 amide bonds. The van der Waals surface area contributed by atoms with E-state index < -0.39 is 6.10 Å². The molecule has 35 heavy (non-hydrogen) atoms. The van der Waals surface area contributed by atoms with E-state index in [1.54, 1.807) is 13.1 Å². The third kappa shape index (κ3) is 6.81. The zero-order valence-electron chi connectivity index (χ0n) is 20.2. The Labute approximate surface area is 205 Å². The molecule has 1 fully saturated rings. The number of hydrogen-bond acceptors (Lipinski definition) is 7. The molecule has 0 bridgehead atoms. The molecule has 0 aliphatic heterocycles. The lowest BCUT2D eigenvalue weighted by molar-refractivity contribution is -0.140. The standard InChI is InChI=1S/C27H32N4O4/c1-19(32)27-29-15-16-31(27)18-24-17-25(35-30-24)22-9-5-20(6-10-22)3-4-21-7-11-23(12-8-21)28-14-13-26(33)34-2/h5-6,9-10,15-17,19,21,23,28,32H,7-8,11-14,18H2,1-2H3/t19-,21?,23?/m1/s1. The minimum Gasteiger partial charge on any atom is -0.469 e. The van der Waals surface area contributed by atoms with Crippen LogP contribution in [0.5, 0.6) is 0 Å². The molecule has 1 aromatic carbocycles. The number of ether oxygens (including phenoxy) is 1. The van der Waals surface area contributed by atoms with Crippen LogP contribution in [0.15, 0.2) is 47.2 Å². The minimum atomic E-state index is -0.644. The van der Waals surface area contributed by atoms with Crippen molar-refractivity contribution in [3.8, 4) is 23.2 Å². The molecule has 8 heteroatoms. The summed E-state index contributed by atoms with van der Waals surface area (Å²) in [7, 11) is 1.42. The number of hydrogen-bond donors (Lipinski definition) is 2.